The highest BCUT2D eigenvalue weighted by atomic mass is 32.1. The van der Waals surface area contributed by atoms with Crippen molar-refractivity contribution in [3.8, 4) is 0 Å². The fraction of sp³-hybridized carbons (Fsp3) is 0.360. The van der Waals surface area contributed by atoms with Crippen molar-refractivity contribution in [1.29, 1.82) is 0 Å². The molecule has 0 spiro atoms. The van der Waals surface area contributed by atoms with Crippen molar-refractivity contribution in [2.24, 2.45) is 0 Å². The zero-order valence-electron chi connectivity index (χ0n) is 21.0. The second-order valence-corrected chi connectivity index (χ2v) is 11.5. The van der Waals surface area contributed by atoms with Gasteiger partial charge in [0.05, 0.1) is 34.4 Å². The average Bonchev–Trinajstić information content (AvgIpc) is 3.40. The summed E-state index contributed by atoms with van der Waals surface area (Å²) in [4.78, 5) is 53.6. The monoisotopic (exact) mass is 539 g/mol. The first-order chi connectivity index (χ1) is 17.7. The molecule has 1 saturated heterocycles. The highest BCUT2D eigenvalue weighted by Crippen LogP contribution is 2.40. The van der Waals surface area contributed by atoms with Gasteiger partial charge in [0.25, 0.3) is 11.8 Å². The number of hydrogen-bond donors (Lipinski definition) is 3. The van der Waals surface area contributed by atoms with Gasteiger partial charge in [0.2, 0.25) is 0 Å². The number of aromatic nitrogens is 2. The maximum Gasteiger partial charge on any atom is 0.266 e. The van der Waals surface area contributed by atoms with Gasteiger partial charge in [-0.05, 0) is 25.3 Å². The molecule has 4 aromatic rings. The van der Waals surface area contributed by atoms with E-state index in [1.807, 2.05) is 6.07 Å². The number of nitrogens with two attached hydrogens (primary N) is 2. The van der Waals surface area contributed by atoms with Crippen molar-refractivity contribution in [3.05, 3.63) is 44.0 Å². The minimum Gasteiger partial charge on any atom is -0.397 e. The minimum atomic E-state index is -0.298. The SMILES string of the molecule is CN(C)C(=O)c1sc2[nH]c(CN(C)C(=O)c3sc4nccc(N5CCCCC5)c4c3N)cc(=O)c2c1N. The van der Waals surface area contributed by atoms with Gasteiger partial charge in [-0.25, -0.2) is 4.98 Å². The van der Waals surface area contributed by atoms with E-state index in [9.17, 15) is 14.4 Å². The molecule has 1 aliphatic rings. The van der Waals surface area contributed by atoms with Crippen LogP contribution in [0.1, 0.15) is 44.3 Å². The number of aromatic amines is 1. The normalized spacial score (nSPS) is 13.9. The van der Waals surface area contributed by atoms with Gasteiger partial charge >= 0.3 is 0 Å². The molecule has 0 radical (unpaired) electrons. The smallest absolute Gasteiger partial charge is 0.266 e. The summed E-state index contributed by atoms with van der Waals surface area (Å²) >= 11 is 2.42. The molecule has 5 N–H and O–H groups in total. The Bertz CT molecular complexity index is 1580. The van der Waals surface area contributed by atoms with E-state index in [1.165, 1.54) is 33.6 Å². The summed E-state index contributed by atoms with van der Waals surface area (Å²) in [6.07, 6.45) is 5.25. The van der Waals surface area contributed by atoms with Crippen LogP contribution >= 0.6 is 22.7 Å². The van der Waals surface area contributed by atoms with E-state index in [0.717, 1.165) is 53.2 Å². The van der Waals surface area contributed by atoms with Crippen LogP contribution in [0.5, 0.6) is 0 Å². The van der Waals surface area contributed by atoms with Gasteiger partial charge in [-0.1, -0.05) is 0 Å². The number of nitrogens with zero attached hydrogens (tertiary/aromatic N) is 4. The Kier molecular flexibility index (Phi) is 6.54. The highest BCUT2D eigenvalue weighted by Gasteiger charge is 2.25. The Hall–Kier alpha value is -3.64. The number of carbonyl (C=O) groups is 2. The Morgan fingerprint density at radius 2 is 1.70 bits per heavy atom. The van der Waals surface area contributed by atoms with Crippen LogP contribution in [-0.2, 0) is 6.54 Å². The van der Waals surface area contributed by atoms with E-state index in [1.54, 1.807) is 27.3 Å². The van der Waals surface area contributed by atoms with E-state index >= 15 is 0 Å². The first kappa shape index (κ1) is 25.0. The molecule has 4 aromatic heterocycles. The van der Waals surface area contributed by atoms with Gasteiger partial charge in [-0.3, -0.25) is 14.4 Å². The number of pyridine rings is 2. The third-order valence-corrected chi connectivity index (χ3v) is 8.83. The maximum absolute atomic E-state index is 13.5. The van der Waals surface area contributed by atoms with Crippen LogP contribution in [0.4, 0.5) is 17.1 Å². The molecule has 0 aromatic carbocycles. The van der Waals surface area contributed by atoms with E-state index in [-0.39, 0.29) is 34.9 Å². The minimum absolute atomic E-state index is 0.152. The van der Waals surface area contributed by atoms with E-state index in [2.05, 4.69) is 14.9 Å². The van der Waals surface area contributed by atoms with E-state index in [0.29, 0.717) is 26.0 Å². The first-order valence-electron chi connectivity index (χ1n) is 12.0. The molecular formula is C25H29N7O3S2. The molecule has 0 unspecified atom stereocenters. The van der Waals surface area contributed by atoms with Crippen molar-refractivity contribution >= 4 is 72.0 Å². The van der Waals surface area contributed by atoms with Crippen molar-refractivity contribution in [2.75, 3.05) is 50.6 Å². The summed E-state index contributed by atoms with van der Waals surface area (Å²) in [7, 11) is 4.92. The molecule has 12 heteroatoms. The molecule has 1 aliphatic heterocycles. The lowest BCUT2D eigenvalue weighted by atomic mass is 10.1. The van der Waals surface area contributed by atoms with Gasteiger partial charge < -0.3 is 31.2 Å². The molecule has 10 nitrogen and oxygen atoms in total. The molecule has 1 fully saturated rings. The molecule has 194 valence electrons. The van der Waals surface area contributed by atoms with Crippen LogP contribution in [-0.4, -0.2) is 65.8 Å². The number of hydrogen-bond acceptors (Lipinski definition) is 9. The molecule has 2 amide bonds. The molecule has 0 bridgehead atoms. The van der Waals surface area contributed by atoms with Crippen LogP contribution in [0.2, 0.25) is 0 Å². The molecule has 0 atom stereocenters. The number of nitrogens with one attached hydrogen (secondary N) is 1. The molecular weight excluding hydrogens is 510 g/mol. The standard InChI is InChI=1S/C25H29N7O3S2/c1-30(2)24(34)20-19(27)17-15(33)11-13(29-23(17)37-20)12-31(3)25(35)21-18(26)16-14(7-8-28-22(16)36-21)32-9-5-4-6-10-32/h7-8,11H,4-6,9-10,12,26-27H2,1-3H3,(H,29,33). The summed E-state index contributed by atoms with van der Waals surface area (Å²) in [6, 6.07) is 3.39. The molecule has 5 heterocycles. The lowest BCUT2D eigenvalue weighted by molar-refractivity contribution is 0.0788. The van der Waals surface area contributed by atoms with Gasteiger partial charge in [0, 0.05) is 52.2 Å². The van der Waals surface area contributed by atoms with Crippen LogP contribution < -0.4 is 21.8 Å². The van der Waals surface area contributed by atoms with Crippen molar-refractivity contribution < 1.29 is 9.59 Å². The third kappa shape index (κ3) is 4.40. The average molecular weight is 540 g/mol. The molecule has 0 aliphatic carbocycles. The zero-order chi connectivity index (χ0) is 26.4. The summed E-state index contributed by atoms with van der Waals surface area (Å²) in [5.41, 5.74) is 14.5. The molecule has 0 saturated carbocycles. The van der Waals surface area contributed by atoms with Gasteiger partial charge in [0.1, 0.15) is 19.4 Å². The Balaban J connectivity index is 1.44. The third-order valence-electron chi connectivity index (χ3n) is 6.62. The van der Waals surface area contributed by atoms with Crippen LogP contribution in [0.15, 0.2) is 23.1 Å². The number of anilines is 3. The predicted molar refractivity (Wildman–Crippen MR) is 151 cm³/mol. The van der Waals surface area contributed by atoms with E-state index < -0.39 is 0 Å². The quantitative estimate of drug-likeness (QED) is 0.353. The second kappa shape index (κ2) is 9.67. The number of carbonyl (C=O) groups excluding carboxylic acids is 2. The fourth-order valence-electron chi connectivity index (χ4n) is 4.72. The Morgan fingerprint density at radius 1 is 1.03 bits per heavy atom. The first-order valence-corrected chi connectivity index (χ1v) is 13.6. The number of thiophene rings is 2. The number of piperidine rings is 1. The van der Waals surface area contributed by atoms with Crippen molar-refractivity contribution in [1.82, 2.24) is 19.8 Å². The predicted octanol–water partition coefficient (Wildman–Crippen LogP) is 3.33. The molecule has 37 heavy (non-hydrogen) atoms. The van der Waals surface area contributed by atoms with Gasteiger partial charge in [-0.2, -0.15) is 0 Å². The summed E-state index contributed by atoms with van der Waals surface area (Å²) in [6.45, 7) is 2.07. The second-order valence-electron chi connectivity index (χ2n) is 9.47. The topological polar surface area (TPSA) is 142 Å². The lowest BCUT2D eigenvalue weighted by Crippen LogP contribution is -2.29. The maximum atomic E-state index is 13.5. The largest absolute Gasteiger partial charge is 0.397 e. The van der Waals surface area contributed by atoms with Crippen molar-refractivity contribution in [2.45, 2.75) is 25.8 Å². The Labute approximate surface area is 221 Å². The van der Waals surface area contributed by atoms with Gasteiger partial charge in [0.15, 0.2) is 5.43 Å². The fourth-order valence-corrected chi connectivity index (χ4v) is 6.98. The zero-order valence-corrected chi connectivity index (χ0v) is 22.6. The number of H-pyrrole nitrogens is 1. The Morgan fingerprint density at radius 3 is 2.41 bits per heavy atom. The van der Waals surface area contributed by atoms with Crippen molar-refractivity contribution in [3.63, 3.8) is 0 Å². The van der Waals surface area contributed by atoms with E-state index in [4.69, 9.17) is 11.5 Å². The summed E-state index contributed by atoms with van der Waals surface area (Å²) in [5.74, 6) is -0.515. The number of rotatable bonds is 5. The number of amides is 2. The lowest BCUT2D eigenvalue weighted by Gasteiger charge is -2.29. The van der Waals surface area contributed by atoms with Crippen LogP contribution in [0, 0.1) is 0 Å². The van der Waals surface area contributed by atoms with Gasteiger partial charge in [-0.15, -0.1) is 22.7 Å². The van der Waals surface area contributed by atoms with Crippen LogP contribution in [0.3, 0.4) is 0 Å². The summed E-state index contributed by atoms with van der Waals surface area (Å²) in [5, 5.41) is 1.12. The summed E-state index contributed by atoms with van der Waals surface area (Å²) < 4.78 is 0. The molecule has 5 rings (SSSR count). The number of nitrogen functional groups attached to an aromatic ring is 2. The highest BCUT2D eigenvalue weighted by molar-refractivity contribution is 7.21. The van der Waals surface area contributed by atoms with Crippen LogP contribution in [0.25, 0.3) is 20.4 Å². The number of fused-ring (bicyclic) bond motifs is 2.